The summed E-state index contributed by atoms with van der Waals surface area (Å²) in [6.07, 6.45) is 0. The number of nitrogens with zero attached hydrogens (tertiary/aromatic N) is 1. The Morgan fingerprint density at radius 2 is 1.62 bits per heavy atom. The predicted octanol–water partition coefficient (Wildman–Crippen LogP) is 4.49. The molecule has 0 spiro atoms. The van der Waals surface area contributed by atoms with Gasteiger partial charge in [-0.25, -0.2) is 0 Å². The van der Waals surface area contributed by atoms with Gasteiger partial charge in [0.15, 0.2) is 0 Å². The van der Waals surface area contributed by atoms with Crippen LogP contribution in [0, 0.1) is 6.92 Å². The number of pyridine rings is 1. The first kappa shape index (κ1) is 13.8. The molecule has 2 heteroatoms. The van der Waals surface area contributed by atoms with E-state index in [4.69, 9.17) is 0 Å². The first-order valence-electron chi connectivity index (χ1n) is 7.32. The Morgan fingerprint density at radius 1 is 0.905 bits per heavy atom. The van der Waals surface area contributed by atoms with Gasteiger partial charge in [-0.3, -0.25) is 4.98 Å². The SMILES string of the molecule is CNC(C)c1ccc(-c2ccc3nc(C)ccc3c2)cc1. The third-order valence-corrected chi connectivity index (χ3v) is 4.01. The molecule has 1 unspecified atom stereocenters. The zero-order chi connectivity index (χ0) is 14.8. The summed E-state index contributed by atoms with van der Waals surface area (Å²) in [5, 5.41) is 4.45. The largest absolute Gasteiger partial charge is 0.313 e. The zero-order valence-corrected chi connectivity index (χ0v) is 12.7. The van der Waals surface area contributed by atoms with E-state index in [1.54, 1.807) is 0 Å². The van der Waals surface area contributed by atoms with E-state index in [1.807, 2.05) is 14.0 Å². The molecule has 0 aliphatic rings. The van der Waals surface area contributed by atoms with Crippen LogP contribution in [0.5, 0.6) is 0 Å². The Bertz CT molecular complexity index is 760. The molecular weight excluding hydrogens is 256 g/mol. The fraction of sp³-hybridized carbons (Fsp3) is 0.211. The second-order valence-electron chi connectivity index (χ2n) is 5.49. The van der Waals surface area contributed by atoms with Crippen LogP contribution in [0.3, 0.4) is 0 Å². The first-order chi connectivity index (χ1) is 10.2. The molecule has 0 fully saturated rings. The van der Waals surface area contributed by atoms with E-state index in [1.165, 1.54) is 22.1 Å². The summed E-state index contributed by atoms with van der Waals surface area (Å²) >= 11 is 0. The van der Waals surface area contributed by atoms with Crippen molar-refractivity contribution in [3.05, 3.63) is 65.9 Å². The van der Waals surface area contributed by atoms with Gasteiger partial charge in [0.2, 0.25) is 0 Å². The topological polar surface area (TPSA) is 24.9 Å². The van der Waals surface area contributed by atoms with Gasteiger partial charge < -0.3 is 5.32 Å². The molecule has 0 amide bonds. The lowest BCUT2D eigenvalue weighted by Gasteiger charge is -2.11. The van der Waals surface area contributed by atoms with Gasteiger partial charge in [0.25, 0.3) is 0 Å². The average molecular weight is 276 g/mol. The van der Waals surface area contributed by atoms with Gasteiger partial charge in [0.05, 0.1) is 5.52 Å². The summed E-state index contributed by atoms with van der Waals surface area (Å²) in [6.45, 7) is 4.19. The molecule has 0 bridgehead atoms. The van der Waals surface area contributed by atoms with Crippen LogP contribution in [0.1, 0.15) is 24.2 Å². The summed E-state index contributed by atoms with van der Waals surface area (Å²) in [5.74, 6) is 0. The van der Waals surface area contributed by atoms with Crippen molar-refractivity contribution in [3.8, 4) is 11.1 Å². The van der Waals surface area contributed by atoms with E-state index in [-0.39, 0.29) is 0 Å². The molecule has 2 aromatic carbocycles. The lowest BCUT2D eigenvalue weighted by Crippen LogP contribution is -2.11. The highest BCUT2D eigenvalue weighted by Crippen LogP contribution is 2.25. The molecule has 1 atom stereocenters. The maximum Gasteiger partial charge on any atom is 0.0705 e. The number of aromatic nitrogens is 1. The van der Waals surface area contributed by atoms with Crippen molar-refractivity contribution >= 4 is 10.9 Å². The number of hydrogen-bond acceptors (Lipinski definition) is 2. The van der Waals surface area contributed by atoms with Gasteiger partial charge in [-0.15, -0.1) is 0 Å². The van der Waals surface area contributed by atoms with Crippen molar-refractivity contribution in [2.24, 2.45) is 0 Å². The van der Waals surface area contributed by atoms with Crippen LogP contribution in [0.25, 0.3) is 22.0 Å². The number of aryl methyl sites for hydroxylation is 1. The Kier molecular flexibility index (Phi) is 3.72. The first-order valence-corrected chi connectivity index (χ1v) is 7.32. The minimum Gasteiger partial charge on any atom is -0.313 e. The second-order valence-corrected chi connectivity index (χ2v) is 5.49. The van der Waals surface area contributed by atoms with Crippen LogP contribution < -0.4 is 5.32 Å². The average Bonchev–Trinajstić information content (AvgIpc) is 2.53. The van der Waals surface area contributed by atoms with Gasteiger partial charge in [-0.05, 0) is 55.8 Å². The van der Waals surface area contributed by atoms with E-state index in [0.29, 0.717) is 6.04 Å². The third-order valence-electron chi connectivity index (χ3n) is 4.01. The molecule has 1 N–H and O–H groups in total. The number of fused-ring (bicyclic) bond motifs is 1. The lowest BCUT2D eigenvalue weighted by molar-refractivity contribution is 0.652. The van der Waals surface area contributed by atoms with Crippen LogP contribution in [0.15, 0.2) is 54.6 Å². The maximum atomic E-state index is 4.55. The van der Waals surface area contributed by atoms with Crippen LogP contribution in [-0.2, 0) is 0 Å². The number of hydrogen-bond donors (Lipinski definition) is 1. The smallest absolute Gasteiger partial charge is 0.0705 e. The van der Waals surface area contributed by atoms with Crippen LogP contribution in [-0.4, -0.2) is 12.0 Å². The highest BCUT2D eigenvalue weighted by molar-refractivity contribution is 5.84. The number of rotatable bonds is 3. The summed E-state index contributed by atoms with van der Waals surface area (Å²) in [7, 11) is 1.98. The molecule has 21 heavy (non-hydrogen) atoms. The normalized spacial score (nSPS) is 12.5. The Hall–Kier alpha value is -2.19. The zero-order valence-electron chi connectivity index (χ0n) is 12.7. The third kappa shape index (κ3) is 2.81. The van der Waals surface area contributed by atoms with Gasteiger partial charge >= 0.3 is 0 Å². The molecular formula is C19H20N2. The standard InChI is InChI=1S/C19H20N2/c1-13-4-5-18-12-17(10-11-19(18)21-13)16-8-6-15(7-9-16)14(2)20-3/h4-12,14,20H,1-3H3. The minimum atomic E-state index is 0.378. The maximum absolute atomic E-state index is 4.55. The predicted molar refractivity (Wildman–Crippen MR) is 89.4 cm³/mol. The van der Waals surface area contributed by atoms with Crippen LogP contribution >= 0.6 is 0 Å². The number of benzene rings is 2. The van der Waals surface area contributed by atoms with Crippen LogP contribution in [0.4, 0.5) is 0 Å². The highest BCUT2D eigenvalue weighted by Gasteiger charge is 2.04. The van der Waals surface area contributed by atoms with E-state index in [9.17, 15) is 0 Å². The monoisotopic (exact) mass is 276 g/mol. The van der Waals surface area contributed by atoms with Crippen molar-refractivity contribution in [1.29, 1.82) is 0 Å². The van der Waals surface area contributed by atoms with Crippen molar-refractivity contribution in [3.63, 3.8) is 0 Å². The van der Waals surface area contributed by atoms with Crippen molar-refractivity contribution < 1.29 is 0 Å². The number of nitrogens with one attached hydrogen (secondary N) is 1. The fourth-order valence-electron chi connectivity index (χ4n) is 2.54. The molecule has 3 aromatic rings. The Balaban J connectivity index is 1.98. The summed E-state index contributed by atoms with van der Waals surface area (Å²) in [5.41, 5.74) is 5.89. The molecule has 3 rings (SSSR count). The molecule has 0 radical (unpaired) electrons. The second kappa shape index (κ2) is 5.66. The Morgan fingerprint density at radius 3 is 2.33 bits per heavy atom. The van der Waals surface area contributed by atoms with Gasteiger partial charge in [0, 0.05) is 17.1 Å². The minimum absolute atomic E-state index is 0.378. The van der Waals surface area contributed by atoms with E-state index in [2.05, 4.69) is 71.8 Å². The van der Waals surface area contributed by atoms with Crippen molar-refractivity contribution in [2.75, 3.05) is 7.05 Å². The molecule has 0 saturated heterocycles. The quantitative estimate of drug-likeness (QED) is 0.762. The lowest BCUT2D eigenvalue weighted by atomic mass is 10.00. The van der Waals surface area contributed by atoms with Crippen LogP contribution in [0.2, 0.25) is 0 Å². The van der Waals surface area contributed by atoms with E-state index >= 15 is 0 Å². The molecule has 0 aliphatic heterocycles. The molecule has 0 aliphatic carbocycles. The van der Waals surface area contributed by atoms with E-state index < -0.39 is 0 Å². The summed E-state index contributed by atoms with van der Waals surface area (Å²) in [6, 6.07) is 19.8. The molecule has 0 saturated carbocycles. The summed E-state index contributed by atoms with van der Waals surface area (Å²) < 4.78 is 0. The molecule has 106 valence electrons. The molecule has 1 aromatic heterocycles. The Labute approximate surface area is 125 Å². The highest BCUT2D eigenvalue weighted by atomic mass is 14.8. The molecule has 1 heterocycles. The van der Waals surface area contributed by atoms with Crippen molar-refractivity contribution in [1.82, 2.24) is 10.3 Å². The van der Waals surface area contributed by atoms with Crippen molar-refractivity contribution in [2.45, 2.75) is 19.9 Å². The van der Waals surface area contributed by atoms with Gasteiger partial charge in [0.1, 0.15) is 0 Å². The summed E-state index contributed by atoms with van der Waals surface area (Å²) in [4.78, 5) is 4.55. The fourth-order valence-corrected chi connectivity index (χ4v) is 2.54. The van der Waals surface area contributed by atoms with Gasteiger partial charge in [-0.1, -0.05) is 36.4 Å². The molecule has 2 nitrogen and oxygen atoms in total. The van der Waals surface area contributed by atoms with Gasteiger partial charge in [-0.2, -0.15) is 0 Å². The van der Waals surface area contributed by atoms with E-state index in [0.717, 1.165) is 11.2 Å².